The second kappa shape index (κ2) is 14.7. The van der Waals surface area contributed by atoms with Crippen molar-refractivity contribution in [1.29, 1.82) is 0 Å². The lowest BCUT2D eigenvalue weighted by Crippen LogP contribution is -2.13. The first-order chi connectivity index (χ1) is 12.2. The quantitative estimate of drug-likeness (QED) is 0.218. The maximum Gasteiger partial charge on any atom is 0.306 e. The van der Waals surface area contributed by atoms with Crippen molar-refractivity contribution in [2.45, 2.75) is 84.0 Å². The fourth-order valence-electron chi connectivity index (χ4n) is 2.86. The zero-order valence-corrected chi connectivity index (χ0v) is 15.8. The molecule has 0 aliphatic heterocycles. The number of carbonyl (C=O) groups excluding carboxylic acids is 2. The van der Waals surface area contributed by atoms with Gasteiger partial charge >= 0.3 is 5.97 Å². The second-order valence-corrected chi connectivity index (χ2v) is 6.74. The molecular formula is C22H34O3. The summed E-state index contributed by atoms with van der Waals surface area (Å²) >= 11 is 0. The van der Waals surface area contributed by atoms with Gasteiger partial charge in [0.2, 0.25) is 0 Å². The molecule has 0 radical (unpaired) electrons. The Morgan fingerprint density at radius 2 is 1.28 bits per heavy atom. The molecule has 1 aromatic rings. The highest BCUT2D eigenvalue weighted by Crippen LogP contribution is 2.12. The van der Waals surface area contributed by atoms with Crippen molar-refractivity contribution in [1.82, 2.24) is 0 Å². The Morgan fingerprint density at radius 3 is 1.84 bits per heavy atom. The predicted octanol–water partition coefficient (Wildman–Crippen LogP) is 6.11. The van der Waals surface area contributed by atoms with Gasteiger partial charge in [-0.15, -0.1) is 0 Å². The highest BCUT2D eigenvalue weighted by atomic mass is 16.5. The first-order valence-corrected chi connectivity index (χ1v) is 9.98. The monoisotopic (exact) mass is 346 g/mol. The fourth-order valence-corrected chi connectivity index (χ4v) is 2.86. The van der Waals surface area contributed by atoms with Crippen LogP contribution in [-0.2, 0) is 9.53 Å². The lowest BCUT2D eigenvalue weighted by molar-refractivity contribution is -0.142. The lowest BCUT2D eigenvalue weighted by Gasteiger charge is -2.05. The number of carbonyl (C=O) groups is 2. The molecule has 3 nitrogen and oxygen atoms in total. The van der Waals surface area contributed by atoms with Crippen molar-refractivity contribution < 1.29 is 14.3 Å². The fraction of sp³-hybridized carbons (Fsp3) is 0.636. The smallest absolute Gasteiger partial charge is 0.306 e. The van der Waals surface area contributed by atoms with Crippen LogP contribution in [0.3, 0.4) is 0 Å². The molecule has 0 aliphatic rings. The summed E-state index contributed by atoms with van der Waals surface area (Å²) in [4.78, 5) is 23.5. The van der Waals surface area contributed by atoms with Crippen LogP contribution in [0.5, 0.6) is 0 Å². The van der Waals surface area contributed by atoms with E-state index >= 15 is 0 Å². The van der Waals surface area contributed by atoms with E-state index in [1.165, 1.54) is 57.8 Å². The van der Waals surface area contributed by atoms with Crippen molar-refractivity contribution in [3.8, 4) is 0 Å². The van der Waals surface area contributed by atoms with Gasteiger partial charge in [-0.2, -0.15) is 0 Å². The number of ether oxygens (including phenoxy) is 1. The Balaban J connectivity index is 1.91. The summed E-state index contributed by atoms with van der Waals surface area (Å²) in [5, 5.41) is 0. The summed E-state index contributed by atoms with van der Waals surface area (Å²) in [7, 11) is 0. The number of benzene rings is 1. The van der Waals surface area contributed by atoms with Crippen LogP contribution in [0.4, 0.5) is 0 Å². The maximum absolute atomic E-state index is 11.8. The first-order valence-electron chi connectivity index (χ1n) is 9.98. The van der Waals surface area contributed by atoms with Gasteiger partial charge < -0.3 is 4.74 Å². The van der Waals surface area contributed by atoms with E-state index in [4.69, 9.17) is 4.74 Å². The molecule has 0 spiro atoms. The Morgan fingerprint density at radius 1 is 0.760 bits per heavy atom. The van der Waals surface area contributed by atoms with E-state index in [2.05, 4.69) is 6.92 Å². The minimum Gasteiger partial charge on any atom is -0.457 e. The van der Waals surface area contributed by atoms with Gasteiger partial charge in [-0.05, 0) is 6.42 Å². The third kappa shape index (κ3) is 11.5. The van der Waals surface area contributed by atoms with Crippen molar-refractivity contribution >= 4 is 11.8 Å². The number of rotatable bonds is 15. The Kier molecular flexibility index (Phi) is 12.6. The minimum absolute atomic E-state index is 0.145. The normalized spacial score (nSPS) is 10.6. The molecule has 140 valence electrons. The molecular weight excluding hydrogens is 312 g/mol. The Hall–Kier alpha value is -1.64. The molecule has 0 saturated heterocycles. The van der Waals surface area contributed by atoms with Crippen molar-refractivity contribution in [3.05, 3.63) is 35.9 Å². The van der Waals surface area contributed by atoms with E-state index in [1.807, 2.05) is 6.07 Å². The molecule has 0 aromatic heterocycles. The molecule has 0 heterocycles. The minimum atomic E-state index is -0.264. The van der Waals surface area contributed by atoms with Gasteiger partial charge in [-0.3, -0.25) is 9.59 Å². The molecule has 0 aliphatic carbocycles. The van der Waals surface area contributed by atoms with Gasteiger partial charge in [-0.25, -0.2) is 0 Å². The average molecular weight is 347 g/mol. The van der Waals surface area contributed by atoms with E-state index in [9.17, 15) is 9.59 Å². The van der Waals surface area contributed by atoms with Crippen molar-refractivity contribution in [2.75, 3.05) is 6.61 Å². The average Bonchev–Trinajstić information content (AvgIpc) is 2.65. The third-order valence-electron chi connectivity index (χ3n) is 4.44. The summed E-state index contributed by atoms with van der Waals surface area (Å²) in [5.41, 5.74) is 0.588. The summed E-state index contributed by atoms with van der Waals surface area (Å²) in [5.74, 6) is -0.409. The number of hydrogen-bond acceptors (Lipinski definition) is 3. The molecule has 0 fully saturated rings. The number of Topliss-reactive ketones (excluding diaryl/α,β-unsaturated/α-hetero) is 1. The number of hydrogen-bond donors (Lipinski definition) is 0. The van der Waals surface area contributed by atoms with Crippen LogP contribution in [0.15, 0.2) is 30.3 Å². The zero-order valence-electron chi connectivity index (χ0n) is 15.8. The van der Waals surface area contributed by atoms with E-state index < -0.39 is 0 Å². The summed E-state index contributed by atoms with van der Waals surface area (Å²) in [6, 6.07) is 8.94. The molecule has 3 heteroatoms. The summed E-state index contributed by atoms with van der Waals surface area (Å²) < 4.78 is 5.06. The van der Waals surface area contributed by atoms with E-state index in [0.29, 0.717) is 12.0 Å². The van der Waals surface area contributed by atoms with Crippen LogP contribution >= 0.6 is 0 Å². The van der Waals surface area contributed by atoms with Crippen molar-refractivity contribution in [3.63, 3.8) is 0 Å². The van der Waals surface area contributed by atoms with E-state index in [0.717, 1.165) is 12.8 Å². The summed E-state index contributed by atoms with van der Waals surface area (Å²) in [6.45, 7) is 2.10. The Bertz CT molecular complexity index is 467. The highest BCUT2D eigenvalue weighted by molar-refractivity contribution is 5.97. The zero-order chi connectivity index (χ0) is 18.2. The van der Waals surface area contributed by atoms with Gasteiger partial charge in [0.15, 0.2) is 12.4 Å². The standard InChI is InChI=1S/C22H34O3/c1-2-3-4-5-6-7-8-9-10-11-15-18-22(24)25-19-21(23)20-16-13-12-14-17-20/h12-14,16-17H,2-11,15,18-19H2,1H3. The van der Waals surface area contributed by atoms with Gasteiger partial charge in [0.25, 0.3) is 0 Å². The van der Waals surface area contributed by atoms with Crippen LogP contribution in [0, 0.1) is 0 Å². The van der Waals surface area contributed by atoms with Crippen LogP contribution in [0.2, 0.25) is 0 Å². The van der Waals surface area contributed by atoms with E-state index in [-0.39, 0.29) is 18.4 Å². The predicted molar refractivity (Wildman–Crippen MR) is 103 cm³/mol. The molecule has 1 aromatic carbocycles. The molecule has 0 N–H and O–H groups in total. The van der Waals surface area contributed by atoms with Crippen LogP contribution < -0.4 is 0 Å². The van der Waals surface area contributed by atoms with Crippen LogP contribution in [-0.4, -0.2) is 18.4 Å². The third-order valence-corrected chi connectivity index (χ3v) is 4.44. The van der Waals surface area contributed by atoms with Crippen LogP contribution in [0.25, 0.3) is 0 Å². The topological polar surface area (TPSA) is 43.4 Å². The van der Waals surface area contributed by atoms with Crippen molar-refractivity contribution in [2.24, 2.45) is 0 Å². The van der Waals surface area contributed by atoms with Gasteiger partial charge in [-0.1, -0.05) is 101 Å². The van der Waals surface area contributed by atoms with Crippen LogP contribution in [0.1, 0.15) is 94.3 Å². The number of unbranched alkanes of at least 4 members (excludes halogenated alkanes) is 10. The largest absolute Gasteiger partial charge is 0.457 e. The molecule has 0 bridgehead atoms. The SMILES string of the molecule is CCCCCCCCCCCCCC(=O)OCC(=O)c1ccccc1. The number of ketones is 1. The molecule has 25 heavy (non-hydrogen) atoms. The first kappa shape index (κ1) is 21.4. The van der Waals surface area contributed by atoms with E-state index in [1.54, 1.807) is 24.3 Å². The second-order valence-electron chi connectivity index (χ2n) is 6.74. The summed E-state index contributed by atoms with van der Waals surface area (Å²) in [6.07, 6.45) is 14.2. The molecule has 1 rings (SSSR count). The lowest BCUT2D eigenvalue weighted by atomic mass is 10.1. The molecule has 0 unspecified atom stereocenters. The van der Waals surface area contributed by atoms with Gasteiger partial charge in [0, 0.05) is 12.0 Å². The molecule has 0 saturated carbocycles. The van der Waals surface area contributed by atoms with Gasteiger partial charge in [0.05, 0.1) is 0 Å². The molecule has 0 amide bonds. The highest BCUT2D eigenvalue weighted by Gasteiger charge is 2.09. The Labute approximate surface area is 153 Å². The number of esters is 1. The molecule has 0 atom stereocenters. The van der Waals surface area contributed by atoms with Gasteiger partial charge in [0.1, 0.15) is 0 Å². The maximum atomic E-state index is 11.8.